The molecule has 3 heteroatoms. The number of fused-ring (bicyclic) bond motifs is 3. The van der Waals surface area contributed by atoms with Gasteiger partial charge in [0.25, 0.3) is 0 Å². The molecular weight excluding hydrogens is 340 g/mol. The third-order valence-electron chi connectivity index (χ3n) is 9.45. The first-order valence-corrected chi connectivity index (χ1v) is 11.1. The summed E-state index contributed by atoms with van der Waals surface area (Å²) in [5.41, 5.74) is 3.90. The normalized spacial score (nSPS) is 54.6. The minimum Gasteiger partial charge on any atom is -0.472 e. The van der Waals surface area contributed by atoms with Gasteiger partial charge in [0.05, 0.1) is 18.6 Å². The summed E-state index contributed by atoms with van der Waals surface area (Å²) < 4.78 is 12.1. The van der Waals surface area contributed by atoms with Crippen molar-refractivity contribution in [2.24, 2.45) is 22.7 Å². The number of hydrogen-bond acceptors (Lipinski definition) is 3. The predicted molar refractivity (Wildman–Crippen MR) is 105 cm³/mol. The molecule has 0 radical (unpaired) electrons. The number of furan rings is 1. The lowest BCUT2D eigenvalue weighted by Gasteiger charge is -2.58. The molecule has 0 N–H and O–H groups in total. The summed E-state index contributed by atoms with van der Waals surface area (Å²) >= 11 is 4.80. The van der Waals surface area contributed by atoms with Crippen LogP contribution in [0.1, 0.15) is 70.3 Å². The van der Waals surface area contributed by atoms with Gasteiger partial charge in [-0.25, -0.2) is 0 Å². The van der Waals surface area contributed by atoms with Crippen LogP contribution in [-0.4, -0.2) is 17.0 Å². The van der Waals surface area contributed by atoms with Crippen LogP contribution in [0.25, 0.3) is 0 Å². The summed E-state index contributed by atoms with van der Waals surface area (Å²) in [6.07, 6.45) is 15.8. The van der Waals surface area contributed by atoms with Gasteiger partial charge in [0.15, 0.2) is 0 Å². The molecule has 1 aromatic rings. The quantitative estimate of drug-likeness (QED) is 0.386. The largest absolute Gasteiger partial charge is 0.472 e. The van der Waals surface area contributed by atoms with E-state index < -0.39 is 0 Å². The van der Waals surface area contributed by atoms with Gasteiger partial charge in [-0.1, -0.05) is 25.5 Å². The van der Waals surface area contributed by atoms with Gasteiger partial charge in [0.2, 0.25) is 0 Å². The van der Waals surface area contributed by atoms with Gasteiger partial charge >= 0.3 is 0 Å². The van der Waals surface area contributed by atoms with Crippen molar-refractivity contribution < 1.29 is 9.15 Å². The van der Waals surface area contributed by atoms with E-state index in [4.69, 9.17) is 21.8 Å². The molecule has 0 bridgehead atoms. The second kappa shape index (κ2) is 5.03. The molecule has 5 aliphatic rings. The Balaban J connectivity index is 1.40. The van der Waals surface area contributed by atoms with Crippen molar-refractivity contribution in [2.45, 2.75) is 81.7 Å². The summed E-state index contributed by atoms with van der Waals surface area (Å²) in [5, 5.41) is 0.569. The highest BCUT2D eigenvalue weighted by molar-refractivity contribution is 7.80. The Morgan fingerprint density at radius 1 is 1.15 bits per heavy atom. The van der Waals surface area contributed by atoms with Gasteiger partial charge in [-0.3, -0.25) is 0 Å². The maximum atomic E-state index is 6.62. The van der Waals surface area contributed by atoms with E-state index in [0.717, 1.165) is 5.92 Å². The minimum atomic E-state index is 0.126. The average molecular weight is 371 g/mol. The topological polar surface area (TPSA) is 25.7 Å². The highest BCUT2D eigenvalue weighted by Gasteiger charge is 2.80. The molecule has 2 nitrogen and oxygen atoms in total. The zero-order chi connectivity index (χ0) is 17.7. The van der Waals surface area contributed by atoms with E-state index in [1.807, 2.05) is 12.5 Å². The first-order valence-electron chi connectivity index (χ1n) is 10.6. The molecule has 1 spiro atoms. The van der Waals surface area contributed by atoms with Crippen molar-refractivity contribution in [3.05, 3.63) is 35.8 Å². The van der Waals surface area contributed by atoms with Crippen molar-refractivity contribution in [1.29, 1.82) is 0 Å². The van der Waals surface area contributed by atoms with Crippen LogP contribution in [0.2, 0.25) is 0 Å². The first-order chi connectivity index (χ1) is 12.5. The van der Waals surface area contributed by atoms with Crippen LogP contribution >= 0.6 is 12.6 Å². The summed E-state index contributed by atoms with van der Waals surface area (Å²) in [6.45, 7) is 5.09. The molecule has 3 saturated carbocycles. The van der Waals surface area contributed by atoms with Crippen LogP contribution in [-0.2, 0) is 4.74 Å². The Labute approximate surface area is 162 Å². The summed E-state index contributed by atoms with van der Waals surface area (Å²) in [6, 6.07) is 2.19. The van der Waals surface area contributed by atoms with E-state index >= 15 is 0 Å². The summed E-state index contributed by atoms with van der Waals surface area (Å²) in [5.74, 6) is 2.10. The number of rotatable bonds is 1. The highest BCUT2D eigenvalue weighted by Crippen LogP contribution is 2.77. The molecule has 26 heavy (non-hydrogen) atoms. The van der Waals surface area contributed by atoms with Crippen molar-refractivity contribution in [2.75, 3.05) is 0 Å². The molecule has 6 rings (SSSR count). The molecule has 4 fully saturated rings. The maximum absolute atomic E-state index is 6.62. The molecule has 2 heterocycles. The van der Waals surface area contributed by atoms with Crippen LogP contribution in [0.5, 0.6) is 0 Å². The van der Waals surface area contributed by atoms with Crippen molar-refractivity contribution >= 4 is 12.6 Å². The highest BCUT2D eigenvalue weighted by atomic mass is 32.1. The smallest absolute Gasteiger partial charge is 0.104 e. The van der Waals surface area contributed by atoms with E-state index in [-0.39, 0.29) is 11.0 Å². The Morgan fingerprint density at radius 3 is 2.85 bits per heavy atom. The number of allylic oxidation sites excluding steroid dienone is 2. The molecule has 0 aromatic carbocycles. The van der Waals surface area contributed by atoms with Gasteiger partial charge in [0, 0.05) is 10.7 Å². The van der Waals surface area contributed by atoms with Gasteiger partial charge in [-0.2, -0.15) is 12.6 Å². The van der Waals surface area contributed by atoms with Crippen molar-refractivity contribution in [3.63, 3.8) is 0 Å². The molecule has 1 aromatic heterocycles. The van der Waals surface area contributed by atoms with E-state index in [2.05, 4.69) is 26.0 Å². The molecule has 0 amide bonds. The summed E-state index contributed by atoms with van der Waals surface area (Å²) in [7, 11) is 0. The minimum absolute atomic E-state index is 0.126. The third kappa shape index (κ3) is 1.76. The van der Waals surface area contributed by atoms with Crippen LogP contribution in [0.4, 0.5) is 0 Å². The van der Waals surface area contributed by atoms with E-state index in [0.29, 0.717) is 28.6 Å². The molecule has 4 aliphatic carbocycles. The lowest BCUT2D eigenvalue weighted by atomic mass is 9.46. The Bertz CT molecular complexity index is 769. The van der Waals surface area contributed by atoms with Crippen LogP contribution in [0, 0.1) is 22.7 Å². The zero-order valence-corrected chi connectivity index (χ0v) is 16.8. The fraction of sp³-hybridized carbons (Fsp3) is 0.739. The number of epoxide rings is 1. The standard InChI is InChI=1S/C23H30O2S/c1-21-8-5-16(26)11-15(21)3-4-18-17(21)6-9-22(2)19(14-7-10-24-13-14)12-20-23(18,22)25-20/h3,7,10,13,16-20,26H,4-6,8-9,11-12H2,1-2H3/t16?,17-,18-,19?,20?,21+,22-,23+/m1/s1. The molecule has 1 aliphatic heterocycles. The lowest BCUT2D eigenvalue weighted by Crippen LogP contribution is -2.55. The van der Waals surface area contributed by atoms with E-state index in [1.165, 1.54) is 50.5 Å². The SMILES string of the molecule is C[C@]12CCC(S)CC1=CC[C@@H]1[C@H]2CC[C@]2(C)C(c3ccoc3)CC3O[C@]312. The number of ether oxygens (including phenoxy) is 1. The fourth-order valence-corrected chi connectivity index (χ4v) is 8.38. The summed E-state index contributed by atoms with van der Waals surface area (Å²) in [4.78, 5) is 0. The Morgan fingerprint density at radius 2 is 2.04 bits per heavy atom. The molecule has 8 atom stereocenters. The average Bonchev–Trinajstić information content (AvgIpc) is 2.99. The molecule has 1 saturated heterocycles. The van der Waals surface area contributed by atoms with Crippen LogP contribution < -0.4 is 0 Å². The zero-order valence-electron chi connectivity index (χ0n) is 15.9. The fourth-order valence-electron chi connectivity index (χ4n) is 8.05. The van der Waals surface area contributed by atoms with Crippen molar-refractivity contribution in [3.8, 4) is 0 Å². The lowest BCUT2D eigenvalue weighted by molar-refractivity contribution is -0.0705. The maximum Gasteiger partial charge on any atom is 0.104 e. The number of hydrogen-bond donors (Lipinski definition) is 1. The van der Waals surface area contributed by atoms with Gasteiger partial charge in [-0.15, -0.1) is 0 Å². The van der Waals surface area contributed by atoms with Crippen LogP contribution in [0.15, 0.2) is 34.7 Å². The first kappa shape index (κ1) is 16.3. The van der Waals surface area contributed by atoms with Gasteiger partial charge < -0.3 is 9.15 Å². The van der Waals surface area contributed by atoms with Gasteiger partial charge in [-0.05, 0) is 79.7 Å². The monoisotopic (exact) mass is 370 g/mol. The van der Waals surface area contributed by atoms with Gasteiger partial charge in [0.1, 0.15) is 5.60 Å². The van der Waals surface area contributed by atoms with Crippen molar-refractivity contribution in [1.82, 2.24) is 0 Å². The number of thiol groups is 1. The predicted octanol–water partition coefficient (Wildman–Crippen LogP) is 5.76. The Hall–Kier alpha value is -0.670. The van der Waals surface area contributed by atoms with Crippen LogP contribution in [0.3, 0.4) is 0 Å². The second-order valence-corrected chi connectivity index (χ2v) is 10.9. The van der Waals surface area contributed by atoms with E-state index in [9.17, 15) is 0 Å². The second-order valence-electron chi connectivity index (χ2n) is 10.2. The Kier molecular flexibility index (Phi) is 3.15. The third-order valence-corrected chi connectivity index (χ3v) is 9.89. The molecule has 3 unspecified atom stereocenters. The molecular formula is C23H30O2S. The van der Waals surface area contributed by atoms with E-state index in [1.54, 1.807) is 5.57 Å². The molecule has 140 valence electrons.